The van der Waals surface area contributed by atoms with Crippen LogP contribution in [0.2, 0.25) is 0 Å². The molecule has 0 saturated heterocycles. The minimum Gasteiger partial charge on any atom is -0.394 e. The lowest BCUT2D eigenvalue weighted by molar-refractivity contribution is -0.131. The highest BCUT2D eigenvalue weighted by Gasteiger charge is 2.23. The lowest BCUT2D eigenvalue weighted by atomic mass is 10.0. The van der Waals surface area contributed by atoms with Crippen LogP contribution in [0.15, 0.2) is 12.2 Å². The van der Waals surface area contributed by atoms with Crippen LogP contribution in [0.1, 0.15) is 335 Å². The van der Waals surface area contributed by atoms with Crippen molar-refractivity contribution in [2.24, 2.45) is 0 Å². The van der Waals surface area contributed by atoms with Crippen LogP contribution >= 0.6 is 0 Å². The Bertz CT molecular complexity index is 909. The second-order valence-electron chi connectivity index (χ2n) is 20.6. The Balaban J connectivity index is 3.47. The fraction of sp³-hybridized carbons (Fsp3) is 0.949. The molecule has 64 heavy (non-hydrogen) atoms. The number of amides is 1. The summed E-state index contributed by atoms with van der Waals surface area (Å²) in [6.07, 6.45) is 68.4. The molecular weight excluding hydrogens is 787 g/mol. The number of allylic oxidation sites excluding steroid dienone is 2. The van der Waals surface area contributed by atoms with Gasteiger partial charge in [0.15, 0.2) is 0 Å². The number of hydrogen-bond acceptors (Lipinski definition) is 4. The summed E-state index contributed by atoms with van der Waals surface area (Å²) in [5.41, 5.74) is 0. The highest BCUT2D eigenvalue weighted by atomic mass is 16.3. The van der Waals surface area contributed by atoms with Crippen LogP contribution in [0.25, 0.3) is 0 Å². The predicted molar refractivity (Wildman–Crippen MR) is 282 cm³/mol. The number of carbonyl (C=O) groups excluding carboxylic acids is 1. The summed E-state index contributed by atoms with van der Waals surface area (Å²) < 4.78 is 0. The normalized spacial score (nSPS) is 13.3. The van der Waals surface area contributed by atoms with Crippen LogP contribution in [0.3, 0.4) is 0 Å². The van der Waals surface area contributed by atoms with E-state index in [1.165, 1.54) is 276 Å². The van der Waals surface area contributed by atoms with Crippen LogP contribution in [0.5, 0.6) is 0 Å². The molecule has 0 spiro atoms. The van der Waals surface area contributed by atoms with Crippen molar-refractivity contribution in [1.29, 1.82) is 0 Å². The van der Waals surface area contributed by atoms with Crippen LogP contribution in [0, 0.1) is 0 Å². The average molecular weight is 905 g/mol. The summed E-state index contributed by atoms with van der Waals surface area (Å²) in [5.74, 6) is -0.464. The van der Waals surface area contributed by atoms with Gasteiger partial charge in [0.1, 0.15) is 6.10 Å². The zero-order chi connectivity index (χ0) is 46.5. The minimum absolute atomic E-state index is 0.309. The summed E-state index contributed by atoms with van der Waals surface area (Å²) >= 11 is 0. The Labute approximate surface area is 401 Å². The number of hydrogen-bond donors (Lipinski definition) is 4. The zero-order valence-corrected chi connectivity index (χ0v) is 43.7. The molecule has 3 atom stereocenters. The van der Waals surface area contributed by atoms with E-state index < -0.39 is 24.2 Å². The maximum Gasteiger partial charge on any atom is 0.249 e. The molecule has 0 aliphatic carbocycles. The third kappa shape index (κ3) is 49.0. The molecule has 4 N–H and O–H groups in total. The number of aliphatic hydroxyl groups excluding tert-OH is 3. The Morgan fingerprint density at radius 2 is 0.594 bits per heavy atom. The van der Waals surface area contributed by atoms with Gasteiger partial charge in [0.2, 0.25) is 5.91 Å². The number of nitrogens with one attached hydrogen (secondary N) is 1. The first-order valence-electron chi connectivity index (χ1n) is 29.5. The predicted octanol–water partition coefficient (Wildman–Crippen LogP) is 18.3. The smallest absolute Gasteiger partial charge is 0.249 e. The van der Waals surface area contributed by atoms with Crippen LogP contribution in [0.4, 0.5) is 0 Å². The van der Waals surface area contributed by atoms with E-state index >= 15 is 0 Å². The van der Waals surface area contributed by atoms with Gasteiger partial charge in [-0.05, 0) is 38.5 Å². The number of aliphatic hydroxyl groups is 3. The molecular formula is C59H117NO4. The molecule has 382 valence electrons. The molecule has 3 unspecified atom stereocenters. The third-order valence-electron chi connectivity index (χ3n) is 14.1. The fourth-order valence-corrected chi connectivity index (χ4v) is 9.54. The Hall–Kier alpha value is -0.910. The summed E-state index contributed by atoms with van der Waals surface area (Å²) in [7, 11) is 0. The average Bonchev–Trinajstić information content (AvgIpc) is 3.30. The van der Waals surface area contributed by atoms with Gasteiger partial charge in [0, 0.05) is 0 Å². The first-order valence-corrected chi connectivity index (χ1v) is 29.5. The molecule has 0 aliphatic rings. The molecule has 0 heterocycles. The molecule has 5 nitrogen and oxygen atoms in total. The number of rotatable bonds is 55. The van der Waals surface area contributed by atoms with E-state index in [1.807, 2.05) is 0 Å². The molecule has 0 rings (SSSR count). The summed E-state index contributed by atoms with van der Waals surface area (Å²) in [6.45, 7) is 4.27. The van der Waals surface area contributed by atoms with Crippen molar-refractivity contribution in [3.63, 3.8) is 0 Å². The lowest BCUT2D eigenvalue weighted by Crippen LogP contribution is -2.49. The number of carbonyl (C=O) groups is 1. The van der Waals surface area contributed by atoms with E-state index in [4.69, 9.17) is 0 Å². The van der Waals surface area contributed by atoms with Crippen LogP contribution in [-0.2, 0) is 4.79 Å². The monoisotopic (exact) mass is 904 g/mol. The first kappa shape index (κ1) is 63.1. The Kier molecular flexibility index (Phi) is 53.9. The van der Waals surface area contributed by atoms with E-state index in [2.05, 4.69) is 31.3 Å². The molecule has 0 saturated carbocycles. The van der Waals surface area contributed by atoms with Crippen molar-refractivity contribution in [2.75, 3.05) is 6.61 Å². The molecule has 5 heteroatoms. The molecule has 0 radical (unpaired) electrons. The van der Waals surface area contributed by atoms with Gasteiger partial charge in [-0.3, -0.25) is 4.79 Å². The zero-order valence-electron chi connectivity index (χ0n) is 43.7. The summed E-state index contributed by atoms with van der Waals surface area (Å²) in [6, 6.07) is -0.709. The Morgan fingerprint density at radius 1 is 0.359 bits per heavy atom. The van der Waals surface area contributed by atoms with E-state index in [-0.39, 0.29) is 6.61 Å². The molecule has 0 bridgehead atoms. The van der Waals surface area contributed by atoms with Gasteiger partial charge in [-0.25, -0.2) is 0 Å². The second kappa shape index (κ2) is 54.7. The van der Waals surface area contributed by atoms with E-state index in [0.717, 1.165) is 32.1 Å². The highest BCUT2D eigenvalue weighted by molar-refractivity contribution is 5.80. The molecule has 0 aromatic rings. The van der Waals surface area contributed by atoms with Gasteiger partial charge in [0.05, 0.1) is 18.8 Å². The van der Waals surface area contributed by atoms with E-state index in [1.54, 1.807) is 0 Å². The van der Waals surface area contributed by atoms with Gasteiger partial charge in [-0.2, -0.15) is 0 Å². The summed E-state index contributed by atoms with van der Waals surface area (Å²) in [4.78, 5) is 12.6. The largest absolute Gasteiger partial charge is 0.394 e. The van der Waals surface area contributed by atoms with Crippen molar-refractivity contribution in [1.82, 2.24) is 5.32 Å². The van der Waals surface area contributed by atoms with Crippen molar-refractivity contribution >= 4 is 5.91 Å². The summed E-state index contributed by atoms with van der Waals surface area (Å²) in [5, 5.41) is 33.6. The molecule has 0 fully saturated rings. The molecule has 0 aromatic carbocycles. The molecule has 1 amide bonds. The van der Waals surface area contributed by atoms with Crippen molar-refractivity contribution < 1.29 is 20.1 Å². The van der Waals surface area contributed by atoms with Crippen LogP contribution in [-0.4, -0.2) is 46.1 Å². The quantitative estimate of drug-likeness (QED) is 0.0362. The van der Waals surface area contributed by atoms with Gasteiger partial charge in [-0.1, -0.05) is 309 Å². The topological polar surface area (TPSA) is 89.8 Å². The standard InChI is InChI=1S/C59H117NO4/c1-3-5-7-9-11-13-15-17-19-21-23-24-25-26-27-28-29-30-31-32-33-34-35-36-38-40-42-44-46-48-50-52-54-58(63)59(64)60-56(55-61)57(62)53-51-49-47-45-43-41-39-37-22-20-18-16-14-12-10-8-6-4-2/h26-27,56-58,61-63H,3-25,28-55H2,1-2H3,(H,60,64)/b27-26-. The first-order chi connectivity index (χ1) is 31.6. The molecule has 0 aliphatic heterocycles. The molecule has 0 aromatic heterocycles. The fourth-order valence-electron chi connectivity index (χ4n) is 9.54. The minimum atomic E-state index is -1.07. The SMILES string of the molecule is CCCCCCCCCCCCCC/C=C\CCCCCCCCCCCCCCCCCCC(O)C(=O)NC(CO)C(O)CCCCCCCCCCCCCCCCCCCC. The van der Waals surface area contributed by atoms with E-state index in [0.29, 0.717) is 12.8 Å². The van der Waals surface area contributed by atoms with Crippen molar-refractivity contribution in [3.8, 4) is 0 Å². The van der Waals surface area contributed by atoms with Gasteiger partial charge in [-0.15, -0.1) is 0 Å². The maximum atomic E-state index is 12.6. The van der Waals surface area contributed by atoms with Gasteiger partial charge < -0.3 is 20.6 Å². The van der Waals surface area contributed by atoms with Crippen molar-refractivity contribution in [2.45, 2.75) is 353 Å². The second-order valence-corrected chi connectivity index (χ2v) is 20.6. The number of unbranched alkanes of at least 4 members (excludes halogenated alkanes) is 45. The van der Waals surface area contributed by atoms with Crippen molar-refractivity contribution in [3.05, 3.63) is 12.2 Å². The third-order valence-corrected chi connectivity index (χ3v) is 14.1. The maximum absolute atomic E-state index is 12.6. The van der Waals surface area contributed by atoms with Gasteiger partial charge in [0.25, 0.3) is 0 Å². The Morgan fingerprint density at radius 3 is 0.859 bits per heavy atom. The highest BCUT2D eigenvalue weighted by Crippen LogP contribution is 2.18. The van der Waals surface area contributed by atoms with Crippen LogP contribution < -0.4 is 5.32 Å². The van der Waals surface area contributed by atoms with E-state index in [9.17, 15) is 20.1 Å². The lowest BCUT2D eigenvalue weighted by Gasteiger charge is -2.23. The van der Waals surface area contributed by atoms with Gasteiger partial charge >= 0.3 is 0 Å².